The fourth-order valence-corrected chi connectivity index (χ4v) is 5.01. The zero-order valence-corrected chi connectivity index (χ0v) is 18.0. The van der Waals surface area contributed by atoms with Gasteiger partial charge in [-0.15, -0.1) is 0 Å². The van der Waals surface area contributed by atoms with Crippen LogP contribution in [0, 0.1) is 17.2 Å². The zero-order valence-electron chi connectivity index (χ0n) is 16.5. The Labute approximate surface area is 177 Å². The lowest BCUT2D eigenvalue weighted by molar-refractivity contribution is -0.00381. The smallest absolute Gasteiger partial charge is 0.127 e. The molecule has 0 radical (unpaired) electrons. The van der Waals surface area contributed by atoms with Gasteiger partial charge in [0.05, 0.1) is 6.10 Å². The molecular weight excluding hydrogens is 396 g/mol. The molecule has 0 aliphatic heterocycles. The molecule has 28 heavy (non-hydrogen) atoms. The number of hydrogen-bond donors (Lipinski definition) is 1. The molecule has 1 aliphatic rings. The maximum atomic E-state index is 14.7. The van der Waals surface area contributed by atoms with Crippen LogP contribution in [0.5, 0.6) is 0 Å². The van der Waals surface area contributed by atoms with Crippen LogP contribution < -0.4 is 0 Å². The molecule has 1 N–H and O–H groups in total. The Morgan fingerprint density at radius 1 is 1.11 bits per heavy atom. The van der Waals surface area contributed by atoms with E-state index < -0.39 is 0 Å². The summed E-state index contributed by atoms with van der Waals surface area (Å²) < 4.78 is 14.7. The summed E-state index contributed by atoms with van der Waals surface area (Å²) in [6.45, 7) is 0.844. The topological polar surface area (TPSA) is 23.5 Å². The molecule has 0 amide bonds. The van der Waals surface area contributed by atoms with Gasteiger partial charge in [0.2, 0.25) is 0 Å². The van der Waals surface area contributed by atoms with Crippen molar-refractivity contribution in [3.05, 3.63) is 69.5 Å². The summed E-state index contributed by atoms with van der Waals surface area (Å²) in [7, 11) is 4.09. The third kappa shape index (κ3) is 5.07. The number of aliphatic hydroxyl groups is 1. The van der Waals surface area contributed by atoms with E-state index in [1.54, 1.807) is 12.1 Å². The second-order valence-corrected chi connectivity index (χ2v) is 9.27. The predicted octanol–water partition coefficient (Wildman–Crippen LogP) is 5.63. The summed E-state index contributed by atoms with van der Waals surface area (Å²) in [6, 6.07) is 12.8. The molecule has 0 spiro atoms. The van der Waals surface area contributed by atoms with Crippen molar-refractivity contribution in [1.82, 2.24) is 4.90 Å². The first-order valence-electron chi connectivity index (χ1n) is 9.79. The lowest BCUT2D eigenvalue weighted by atomic mass is 9.60. The average Bonchev–Trinajstić information content (AvgIpc) is 2.63. The Kier molecular flexibility index (Phi) is 7.03. The number of hydrogen-bond acceptors (Lipinski definition) is 2. The molecule has 0 aromatic heterocycles. The number of halogens is 3. The molecule has 2 aromatic carbocycles. The quantitative estimate of drug-likeness (QED) is 0.650. The summed E-state index contributed by atoms with van der Waals surface area (Å²) in [5.74, 6) is -0.0182. The fraction of sp³-hybridized carbons (Fsp3) is 0.478. The minimum Gasteiger partial charge on any atom is -0.393 e. The van der Waals surface area contributed by atoms with Crippen molar-refractivity contribution in [2.45, 2.75) is 38.2 Å². The molecule has 1 fully saturated rings. The van der Waals surface area contributed by atoms with E-state index in [0.717, 1.165) is 32.2 Å². The van der Waals surface area contributed by atoms with Crippen LogP contribution in [0.2, 0.25) is 10.0 Å². The summed E-state index contributed by atoms with van der Waals surface area (Å²) in [5.41, 5.74) is 1.58. The first-order chi connectivity index (χ1) is 13.3. The van der Waals surface area contributed by atoms with Gasteiger partial charge in [0.15, 0.2) is 0 Å². The van der Waals surface area contributed by atoms with Crippen LogP contribution in [0.4, 0.5) is 4.39 Å². The molecule has 5 heteroatoms. The lowest BCUT2D eigenvalue weighted by Gasteiger charge is -2.47. The average molecular weight is 424 g/mol. The summed E-state index contributed by atoms with van der Waals surface area (Å²) in [6.07, 6.45) is 3.34. The van der Waals surface area contributed by atoms with Crippen molar-refractivity contribution >= 4 is 23.2 Å². The second kappa shape index (κ2) is 9.13. The van der Waals surface area contributed by atoms with E-state index in [1.807, 2.05) is 38.4 Å². The highest BCUT2D eigenvalue weighted by atomic mass is 35.5. The normalized spacial score (nSPS) is 25.2. The van der Waals surface area contributed by atoms with Gasteiger partial charge in [0, 0.05) is 22.2 Å². The maximum absolute atomic E-state index is 14.7. The van der Waals surface area contributed by atoms with Gasteiger partial charge in [-0.2, -0.15) is 0 Å². The molecule has 3 rings (SSSR count). The molecule has 1 aliphatic carbocycles. The Balaban J connectivity index is 2.02. The Morgan fingerprint density at radius 2 is 1.82 bits per heavy atom. The van der Waals surface area contributed by atoms with Gasteiger partial charge >= 0.3 is 0 Å². The van der Waals surface area contributed by atoms with Crippen molar-refractivity contribution in [2.24, 2.45) is 11.3 Å². The van der Waals surface area contributed by atoms with Gasteiger partial charge in [-0.1, -0.05) is 41.4 Å². The first kappa shape index (κ1) is 21.6. The van der Waals surface area contributed by atoms with Gasteiger partial charge in [-0.05, 0) is 87.4 Å². The zero-order chi connectivity index (χ0) is 20.3. The molecule has 0 saturated heterocycles. The first-order valence-corrected chi connectivity index (χ1v) is 10.5. The third-order valence-corrected chi connectivity index (χ3v) is 6.65. The van der Waals surface area contributed by atoms with Crippen LogP contribution in [0.25, 0.3) is 0 Å². The van der Waals surface area contributed by atoms with Crippen molar-refractivity contribution in [2.75, 3.05) is 20.6 Å². The molecular formula is C23H28Cl2FNO. The second-order valence-electron chi connectivity index (χ2n) is 8.43. The van der Waals surface area contributed by atoms with Crippen molar-refractivity contribution < 1.29 is 9.50 Å². The molecule has 152 valence electrons. The van der Waals surface area contributed by atoms with Crippen LogP contribution in [0.1, 0.15) is 30.4 Å². The Morgan fingerprint density at radius 3 is 2.46 bits per heavy atom. The minimum atomic E-state index is -0.306. The maximum Gasteiger partial charge on any atom is 0.127 e. The lowest BCUT2D eigenvalue weighted by Crippen LogP contribution is -2.46. The van der Waals surface area contributed by atoms with Crippen LogP contribution in [-0.4, -0.2) is 36.8 Å². The van der Waals surface area contributed by atoms with E-state index in [0.29, 0.717) is 22.0 Å². The van der Waals surface area contributed by atoms with Gasteiger partial charge in [-0.25, -0.2) is 4.39 Å². The largest absolute Gasteiger partial charge is 0.393 e. The van der Waals surface area contributed by atoms with E-state index >= 15 is 0 Å². The summed E-state index contributed by atoms with van der Waals surface area (Å²) >= 11 is 12.5. The Hall–Kier alpha value is -1.13. The number of nitrogens with zero attached hydrogens (tertiary/aromatic N) is 1. The molecule has 1 saturated carbocycles. The number of rotatable bonds is 6. The molecule has 2 nitrogen and oxygen atoms in total. The van der Waals surface area contributed by atoms with Gasteiger partial charge in [0.1, 0.15) is 5.82 Å². The minimum absolute atomic E-state index is 0.177. The van der Waals surface area contributed by atoms with E-state index in [-0.39, 0.29) is 23.3 Å². The highest BCUT2D eigenvalue weighted by Gasteiger charge is 2.44. The van der Waals surface area contributed by atoms with Gasteiger partial charge < -0.3 is 10.0 Å². The van der Waals surface area contributed by atoms with Crippen LogP contribution in [0.15, 0.2) is 42.5 Å². The standard InChI is InChI=1S/C23H28Cl2FNO/c1-27(2)15-17-12-19(28)10-11-23(17,13-16-6-8-18(24)9-7-16)14-20-21(25)4-3-5-22(20)26/h3-9,17,19,28H,10-15H2,1-2H3. The molecule has 3 unspecified atom stereocenters. The highest BCUT2D eigenvalue weighted by molar-refractivity contribution is 6.31. The molecule has 0 heterocycles. The summed E-state index contributed by atoms with van der Waals surface area (Å²) in [4.78, 5) is 2.16. The monoisotopic (exact) mass is 423 g/mol. The fourth-order valence-electron chi connectivity index (χ4n) is 4.65. The van der Waals surface area contributed by atoms with E-state index in [4.69, 9.17) is 23.2 Å². The van der Waals surface area contributed by atoms with Crippen molar-refractivity contribution in [3.8, 4) is 0 Å². The predicted molar refractivity (Wildman–Crippen MR) is 115 cm³/mol. The van der Waals surface area contributed by atoms with Crippen LogP contribution in [-0.2, 0) is 12.8 Å². The molecule has 3 atom stereocenters. The molecule has 0 bridgehead atoms. The molecule has 2 aromatic rings. The van der Waals surface area contributed by atoms with Crippen LogP contribution >= 0.6 is 23.2 Å². The van der Waals surface area contributed by atoms with E-state index in [9.17, 15) is 9.50 Å². The van der Waals surface area contributed by atoms with E-state index in [1.165, 1.54) is 11.6 Å². The Bertz CT molecular complexity index is 773. The SMILES string of the molecule is CN(C)CC1CC(O)CCC1(Cc1ccc(Cl)cc1)Cc1c(F)cccc1Cl. The van der Waals surface area contributed by atoms with Crippen LogP contribution in [0.3, 0.4) is 0 Å². The van der Waals surface area contributed by atoms with Gasteiger partial charge in [0.25, 0.3) is 0 Å². The van der Waals surface area contributed by atoms with E-state index in [2.05, 4.69) is 4.90 Å². The number of aliphatic hydroxyl groups excluding tert-OH is 1. The number of benzene rings is 2. The van der Waals surface area contributed by atoms with Crippen molar-refractivity contribution in [3.63, 3.8) is 0 Å². The highest BCUT2D eigenvalue weighted by Crippen LogP contribution is 2.48. The van der Waals surface area contributed by atoms with Crippen molar-refractivity contribution in [1.29, 1.82) is 0 Å². The summed E-state index contributed by atoms with van der Waals surface area (Å²) in [5, 5.41) is 11.6. The third-order valence-electron chi connectivity index (χ3n) is 6.04. The van der Waals surface area contributed by atoms with Gasteiger partial charge in [-0.3, -0.25) is 0 Å².